The van der Waals surface area contributed by atoms with Crippen LogP contribution >= 0.6 is 0 Å². The monoisotopic (exact) mass is 290 g/mol. The molecule has 0 aliphatic heterocycles. The van der Waals surface area contributed by atoms with Crippen molar-refractivity contribution in [2.45, 2.75) is 33.1 Å². The van der Waals surface area contributed by atoms with E-state index in [9.17, 15) is 9.59 Å². The maximum absolute atomic E-state index is 11.7. The predicted octanol–water partition coefficient (Wildman–Crippen LogP) is 2.78. The Hall–Kier alpha value is -2.37. The molecule has 1 aromatic carbocycles. The summed E-state index contributed by atoms with van der Waals surface area (Å²) in [6.45, 7) is 7.32. The second-order valence-corrected chi connectivity index (χ2v) is 6.00. The van der Waals surface area contributed by atoms with E-state index in [0.717, 1.165) is 0 Å². The third kappa shape index (κ3) is 3.21. The van der Waals surface area contributed by atoms with Crippen LogP contribution in [0, 0.1) is 5.92 Å². The molecule has 6 nitrogen and oxygen atoms in total. The van der Waals surface area contributed by atoms with Crippen LogP contribution in [-0.4, -0.2) is 22.0 Å². The van der Waals surface area contributed by atoms with E-state index in [0.29, 0.717) is 22.7 Å². The summed E-state index contributed by atoms with van der Waals surface area (Å²) in [5.41, 5.74) is 1.54. The minimum absolute atomic E-state index is 0.208. The fraction of sp³-hybridized carbons (Fsp3) is 0.400. The molecule has 0 saturated carbocycles. The Morgan fingerprint density at radius 1 is 1.33 bits per heavy atom. The van der Waals surface area contributed by atoms with Crippen molar-refractivity contribution < 1.29 is 19.1 Å². The van der Waals surface area contributed by atoms with Gasteiger partial charge in [0.25, 0.3) is 0 Å². The van der Waals surface area contributed by atoms with Gasteiger partial charge in [0, 0.05) is 11.1 Å². The van der Waals surface area contributed by atoms with Gasteiger partial charge in [-0.1, -0.05) is 20.8 Å². The highest BCUT2D eigenvalue weighted by Gasteiger charge is 2.22. The molecule has 6 heteroatoms. The second kappa shape index (κ2) is 5.20. The fourth-order valence-corrected chi connectivity index (χ4v) is 1.69. The lowest BCUT2D eigenvalue weighted by Crippen LogP contribution is -2.26. The summed E-state index contributed by atoms with van der Waals surface area (Å²) in [5, 5.41) is 11.4. The molecule has 0 aliphatic rings. The number of carbonyl (C=O) groups is 2. The van der Waals surface area contributed by atoms with E-state index in [1.807, 2.05) is 20.8 Å². The highest BCUT2D eigenvalue weighted by molar-refractivity contribution is 6.04. The number of carboxylic acid groups (broad SMARTS) is 1. The number of amides is 1. The Kier molecular flexibility index (Phi) is 3.72. The minimum Gasteiger partial charge on any atom is -0.481 e. The molecule has 2 N–H and O–H groups in total. The number of nitrogens with zero attached hydrogens (tertiary/aromatic N) is 1. The van der Waals surface area contributed by atoms with E-state index >= 15 is 0 Å². The second-order valence-electron chi connectivity index (χ2n) is 6.00. The zero-order chi connectivity index (χ0) is 15.8. The van der Waals surface area contributed by atoms with Gasteiger partial charge in [-0.2, -0.15) is 0 Å². The molecule has 0 aliphatic carbocycles. The van der Waals surface area contributed by atoms with E-state index in [1.165, 1.54) is 6.92 Å². The molecule has 2 aromatic rings. The first kappa shape index (κ1) is 15.0. The van der Waals surface area contributed by atoms with Crippen LogP contribution in [0.1, 0.15) is 33.6 Å². The van der Waals surface area contributed by atoms with Crippen LogP contribution in [0.15, 0.2) is 22.6 Å². The number of fused-ring (bicyclic) bond motifs is 1. The summed E-state index contributed by atoms with van der Waals surface area (Å²) in [5.74, 6) is -2.23. The molecule has 1 amide bonds. The van der Waals surface area contributed by atoms with Crippen molar-refractivity contribution in [1.82, 2.24) is 4.98 Å². The first-order valence-corrected chi connectivity index (χ1v) is 6.63. The third-order valence-corrected chi connectivity index (χ3v) is 3.06. The van der Waals surface area contributed by atoms with Gasteiger partial charge in [0.15, 0.2) is 5.58 Å². The normalized spacial score (nSPS) is 13.1. The quantitative estimate of drug-likeness (QED) is 0.848. The van der Waals surface area contributed by atoms with Crippen molar-refractivity contribution in [3.05, 3.63) is 24.1 Å². The third-order valence-electron chi connectivity index (χ3n) is 3.06. The summed E-state index contributed by atoms with van der Waals surface area (Å²) >= 11 is 0. The Morgan fingerprint density at radius 2 is 2.00 bits per heavy atom. The molecule has 0 saturated heterocycles. The number of anilines is 1. The van der Waals surface area contributed by atoms with E-state index in [2.05, 4.69) is 10.3 Å². The highest BCUT2D eigenvalue weighted by Crippen LogP contribution is 2.27. The molecular formula is C15H18N2O4. The summed E-state index contributed by atoms with van der Waals surface area (Å²) in [7, 11) is 0. The number of nitrogens with one attached hydrogen (secondary N) is 1. The Balaban J connectivity index is 2.27. The van der Waals surface area contributed by atoms with E-state index in [-0.39, 0.29) is 5.41 Å². The van der Waals surface area contributed by atoms with Crippen LogP contribution in [0.25, 0.3) is 11.1 Å². The number of rotatable bonds is 3. The predicted molar refractivity (Wildman–Crippen MR) is 78.1 cm³/mol. The first-order valence-electron chi connectivity index (χ1n) is 6.63. The molecule has 1 aromatic heterocycles. The molecule has 0 fully saturated rings. The molecule has 1 unspecified atom stereocenters. The molecule has 0 radical (unpaired) electrons. The molecular weight excluding hydrogens is 272 g/mol. The summed E-state index contributed by atoms with van der Waals surface area (Å²) < 4.78 is 5.66. The average molecular weight is 290 g/mol. The summed E-state index contributed by atoms with van der Waals surface area (Å²) in [6, 6.07) is 5.03. The molecule has 1 heterocycles. The van der Waals surface area contributed by atoms with Crippen LogP contribution < -0.4 is 5.32 Å². The number of aromatic nitrogens is 1. The smallest absolute Gasteiger partial charge is 0.315 e. The van der Waals surface area contributed by atoms with E-state index in [1.54, 1.807) is 18.2 Å². The Labute approximate surface area is 122 Å². The fourth-order valence-electron chi connectivity index (χ4n) is 1.69. The average Bonchev–Trinajstić information content (AvgIpc) is 2.80. The molecule has 0 spiro atoms. The van der Waals surface area contributed by atoms with E-state index < -0.39 is 17.8 Å². The Bertz CT molecular complexity index is 697. The number of benzene rings is 1. The molecule has 1 atom stereocenters. The zero-order valence-corrected chi connectivity index (χ0v) is 12.4. The van der Waals surface area contributed by atoms with Gasteiger partial charge in [0.05, 0.1) is 0 Å². The Morgan fingerprint density at radius 3 is 2.57 bits per heavy atom. The SMILES string of the molecule is CC(C(=O)O)C(=O)Nc1ccc2oc(C(C)(C)C)nc2c1. The molecule has 112 valence electrons. The highest BCUT2D eigenvalue weighted by atomic mass is 16.4. The van der Waals surface area contributed by atoms with Crippen LogP contribution in [0.3, 0.4) is 0 Å². The number of carbonyl (C=O) groups excluding carboxylic acids is 1. The van der Waals surface area contributed by atoms with Gasteiger partial charge < -0.3 is 14.8 Å². The van der Waals surface area contributed by atoms with Gasteiger partial charge in [0.1, 0.15) is 11.4 Å². The van der Waals surface area contributed by atoms with Gasteiger partial charge >= 0.3 is 5.97 Å². The van der Waals surface area contributed by atoms with Crippen LogP contribution in [0.4, 0.5) is 5.69 Å². The lowest BCUT2D eigenvalue weighted by molar-refractivity contribution is -0.144. The van der Waals surface area contributed by atoms with Crippen molar-refractivity contribution in [3.8, 4) is 0 Å². The van der Waals surface area contributed by atoms with Crippen molar-refractivity contribution in [2.24, 2.45) is 5.92 Å². The molecule has 0 bridgehead atoms. The van der Waals surface area contributed by atoms with Crippen molar-refractivity contribution in [1.29, 1.82) is 0 Å². The van der Waals surface area contributed by atoms with Gasteiger partial charge in [-0.15, -0.1) is 0 Å². The zero-order valence-electron chi connectivity index (χ0n) is 12.4. The van der Waals surface area contributed by atoms with Crippen molar-refractivity contribution in [2.75, 3.05) is 5.32 Å². The van der Waals surface area contributed by atoms with Gasteiger partial charge in [-0.3, -0.25) is 9.59 Å². The minimum atomic E-state index is -1.16. The molecule has 2 rings (SSSR count). The maximum Gasteiger partial charge on any atom is 0.315 e. The maximum atomic E-state index is 11.7. The van der Waals surface area contributed by atoms with E-state index in [4.69, 9.17) is 9.52 Å². The standard InChI is InChI=1S/C15H18N2O4/c1-8(13(19)20)12(18)16-9-5-6-11-10(7-9)17-14(21-11)15(2,3)4/h5-8H,1-4H3,(H,16,18)(H,19,20). The van der Waals surface area contributed by atoms with Crippen molar-refractivity contribution in [3.63, 3.8) is 0 Å². The number of carboxylic acids is 1. The van der Waals surface area contributed by atoms with Gasteiger partial charge in [0.2, 0.25) is 11.8 Å². The molecule has 21 heavy (non-hydrogen) atoms. The number of oxazole rings is 1. The summed E-state index contributed by atoms with van der Waals surface area (Å²) in [4.78, 5) is 26.9. The van der Waals surface area contributed by atoms with Crippen LogP contribution in [0.5, 0.6) is 0 Å². The lowest BCUT2D eigenvalue weighted by Gasteiger charge is -2.11. The number of hydrogen-bond donors (Lipinski definition) is 2. The van der Waals surface area contributed by atoms with Crippen LogP contribution in [-0.2, 0) is 15.0 Å². The topological polar surface area (TPSA) is 92.4 Å². The number of hydrogen-bond acceptors (Lipinski definition) is 4. The number of aliphatic carboxylic acids is 1. The largest absolute Gasteiger partial charge is 0.481 e. The van der Waals surface area contributed by atoms with Gasteiger partial charge in [-0.05, 0) is 25.1 Å². The van der Waals surface area contributed by atoms with Crippen molar-refractivity contribution >= 4 is 28.7 Å². The first-order chi connectivity index (χ1) is 9.68. The van der Waals surface area contributed by atoms with Gasteiger partial charge in [-0.25, -0.2) is 4.98 Å². The van der Waals surface area contributed by atoms with Crippen LogP contribution in [0.2, 0.25) is 0 Å². The summed E-state index contributed by atoms with van der Waals surface area (Å²) in [6.07, 6.45) is 0. The lowest BCUT2D eigenvalue weighted by atomic mass is 9.97.